The first-order valence-corrected chi connectivity index (χ1v) is 7.31. The van der Waals surface area contributed by atoms with E-state index in [4.69, 9.17) is 5.73 Å². The number of pyridine rings is 1. The minimum Gasteiger partial charge on any atom is -0.398 e. The number of anilines is 2. The number of hydrogen-bond donors (Lipinski definition) is 2. The molecule has 4 heteroatoms. The summed E-state index contributed by atoms with van der Waals surface area (Å²) in [5.41, 5.74) is 8.05. The second kappa shape index (κ2) is 5.67. The molecule has 0 spiro atoms. The molecule has 20 heavy (non-hydrogen) atoms. The molecule has 4 nitrogen and oxygen atoms in total. The molecule has 0 bridgehead atoms. The summed E-state index contributed by atoms with van der Waals surface area (Å²) < 4.78 is 0. The largest absolute Gasteiger partial charge is 0.398 e. The van der Waals surface area contributed by atoms with Gasteiger partial charge < -0.3 is 15.7 Å². The molecule has 2 aromatic rings. The Labute approximate surface area is 119 Å². The van der Waals surface area contributed by atoms with Gasteiger partial charge in [-0.05, 0) is 43.9 Å². The molecule has 106 valence electrons. The molecule has 3 rings (SSSR count). The molecular weight excluding hydrogens is 250 g/mol. The maximum atomic E-state index is 9.28. The molecular formula is C16H21N3O. The van der Waals surface area contributed by atoms with Gasteiger partial charge in [-0.2, -0.15) is 0 Å². The van der Waals surface area contributed by atoms with E-state index >= 15 is 0 Å². The summed E-state index contributed by atoms with van der Waals surface area (Å²) in [6.07, 6.45) is 8.09. The topological polar surface area (TPSA) is 62.4 Å². The maximum absolute atomic E-state index is 9.28. The molecule has 1 aliphatic heterocycles. The van der Waals surface area contributed by atoms with Crippen molar-refractivity contribution in [3.05, 3.63) is 30.6 Å². The van der Waals surface area contributed by atoms with Gasteiger partial charge >= 0.3 is 0 Å². The highest BCUT2D eigenvalue weighted by Gasteiger charge is 2.23. The van der Waals surface area contributed by atoms with Crippen LogP contribution < -0.4 is 10.6 Å². The van der Waals surface area contributed by atoms with Crippen LogP contribution in [0.15, 0.2) is 30.6 Å². The van der Waals surface area contributed by atoms with Crippen LogP contribution in [0.4, 0.5) is 11.4 Å². The Morgan fingerprint density at radius 1 is 1.25 bits per heavy atom. The number of nitrogens with zero attached hydrogens (tertiary/aromatic N) is 2. The van der Waals surface area contributed by atoms with Crippen molar-refractivity contribution in [2.24, 2.45) is 0 Å². The third-order valence-electron chi connectivity index (χ3n) is 4.23. The van der Waals surface area contributed by atoms with Crippen molar-refractivity contribution < 1.29 is 5.11 Å². The second-order valence-electron chi connectivity index (χ2n) is 5.45. The highest BCUT2D eigenvalue weighted by Crippen LogP contribution is 2.34. The summed E-state index contributed by atoms with van der Waals surface area (Å²) in [5.74, 6) is 0. The third-order valence-corrected chi connectivity index (χ3v) is 4.23. The summed E-state index contributed by atoms with van der Waals surface area (Å²) in [4.78, 5) is 6.67. The minimum absolute atomic E-state index is 0.242. The van der Waals surface area contributed by atoms with Crippen molar-refractivity contribution >= 4 is 22.1 Å². The van der Waals surface area contributed by atoms with Crippen LogP contribution in [0.5, 0.6) is 0 Å². The first-order chi connectivity index (χ1) is 9.81. The second-order valence-corrected chi connectivity index (χ2v) is 5.45. The van der Waals surface area contributed by atoms with Gasteiger partial charge in [0, 0.05) is 53.7 Å². The molecule has 1 atom stereocenters. The highest BCUT2D eigenvalue weighted by molar-refractivity contribution is 6.00. The lowest BCUT2D eigenvalue weighted by atomic mass is 9.97. The fourth-order valence-corrected chi connectivity index (χ4v) is 3.22. The van der Waals surface area contributed by atoms with Gasteiger partial charge in [-0.15, -0.1) is 0 Å². The zero-order chi connectivity index (χ0) is 13.9. The van der Waals surface area contributed by atoms with Crippen LogP contribution in [0.25, 0.3) is 10.8 Å². The number of hydrogen-bond acceptors (Lipinski definition) is 4. The number of aliphatic hydroxyl groups is 1. The van der Waals surface area contributed by atoms with Crippen LogP contribution >= 0.6 is 0 Å². The number of piperidine rings is 1. The van der Waals surface area contributed by atoms with Gasteiger partial charge in [-0.3, -0.25) is 4.98 Å². The average molecular weight is 271 g/mol. The molecule has 1 unspecified atom stereocenters. The van der Waals surface area contributed by atoms with Crippen molar-refractivity contribution in [3.8, 4) is 0 Å². The number of nitrogen functional groups attached to an aromatic ring is 1. The Morgan fingerprint density at radius 3 is 3.00 bits per heavy atom. The lowest BCUT2D eigenvalue weighted by Gasteiger charge is -2.38. The van der Waals surface area contributed by atoms with E-state index in [9.17, 15) is 5.11 Å². The van der Waals surface area contributed by atoms with E-state index in [0.29, 0.717) is 6.04 Å². The fraction of sp³-hybridized carbons (Fsp3) is 0.438. The van der Waals surface area contributed by atoms with Gasteiger partial charge in [0.1, 0.15) is 0 Å². The highest BCUT2D eigenvalue weighted by atomic mass is 16.3. The van der Waals surface area contributed by atoms with Crippen molar-refractivity contribution in [1.29, 1.82) is 0 Å². The number of fused-ring (bicyclic) bond motifs is 1. The predicted octanol–water partition coefficient (Wildman–Crippen LogP) is 2.56. The van der Waals surface area contributed by atoms with E-state index in [0.717, 1.165) is 35.8 Å². The lowest BCUT2D eigenvalue weighted by Crippen LogP contribution is -2.40. The first kappa shape index (κ1) is 13.2. The summed E-state index contributed by atoms with van der Waals surface area (Å²) in [7, 11) is 0. The molecule has 1 aliphatic rings. The van der Waals surface area contributed by atoms with Crippen molar-refractivity contribution in [2.75, 3.05) is 23.8 Å². The SMILES string of the molecule is Nc1ccc(N2CCCCC2CCO)c2cnccc12. The van der Waals surface area contributed by atoms with Gasteiger partial charge in [-0.25, -0.2) is 0 Å². The standard InChI is InChI=1S/C16H21N3O/c17-15-4-5-16(14-11-18-8-6-13(14)15)19-9-2-1-3-12(19)7-10-20/h4-6,8,11-12,20H,1-3,7,9-10,17H2. The number of nitrogens with two attached hydrogens (primary N) is 1. The van der Waals surface area contributed by atoms with Gasteiger partial charge in [0.2, 0.25) is 0 Å². The predicted molar refractivity (Wildman–Crippen MR) is 82.8 cm³/mol. The normalized spacial score (nSPS) is 19.4. The number of aliphatic hydroxyl groups excluding tert-OH is 1. The molecule has 0 radical (unpaired) electrons. The van der Waals surface area contributed by atoms with Crippen LogP contribution in [0, 0.1) is 0 Å². The summed E-state index contributed by atoms with van der Waals surface area (Å²) >= 11 is 0. The maximum Gasteiger partial charge on any atom is 0.0465 e. The zero-order valence-electron chi connectivity index (χ0n) is 11.6. The van der Waals surface area contributed by atoms with Gasteiger partial charge in [0.15, 0.2) is 0 Å². The average Bonchev–Trinajstić information content (AvgIpc) is 2.49. The van der Waals surface area contributed by atoms with Crippen LogP contribution in [-0.4, -0.2) is 29.3 Å². The number of rotatable bonds is 3. The summed E-state index contributed by atoms with van der Waals surface area (Å²) in [5, 5.41) is 11.5. The molecule has 3 N–H and O–H groups in total. The molecule has 0 saturated carbocycles. The van der Waals surface area contributed by atoms with Crippen LogP contribution in [0.3, 0.4) is 0 Å². The Morgan fingerprint density at radius 2 is 2.15 bits per heavy atom. The van der Waals surface area contributed by atoms with Crippen molar-refractivity contribution in [3.63, 3.8) is 0 Å². The Kier molecular flexibility index (Phi) is 3.74. The molecule has 0 amide bonds. The van der Waals surface area contributed by atoms with Crippen LogP contribution in [0.2, 0.25) is 0 Å². The van der Waals surface area contributed by atoms with Gasteiger partial charge in [0.25, 0.3) is 0 Å². The van der Waals surface area contributed by atoms with Crippen LogP contribution in [-0.2, 0) is 0 Å². The molecule has 2 heterocycles. The van der Waals surface area contributed by atoms with E-state index < -0.39 is 0 Å². The fourth-order valence-electron chi connectivity index (χ4n) is 3.22. The lowest BCUT2D eigenvalue weighted by molar-refractivity contribution is 0.262. The molecule has 1 aromatic heterocycles. The molecule has 1 saturated heterocycles. The Hall–Kier alpha value is -1.81. The Balaban J connectivity index is 2.06. The number of benzene rings is 1. The smallest absolute Gasteiger partial charge is 0.0465 e. The molecule has 1 aromatic carbocycles. The van der Waals surface area contributed by atoms with Crippen LogP contribution in [0.1, 0.15) is 25.7 Å². The Bertz CT molecular complexity index is 597. The zero-order valence-corrected chi connectivity index (χ0v) is 11.6. The van der Waals surface area contributed by atoms with E-state index in [1.807, 2.05) is 18.3 Å². The van der Waals surface area contributed by atoms with E-state index in [-0.39, 0.29) is 6.61 Å². The third kappa shape index (κ3) is 2.31. The quantitative estimate of drug-likeness (QED) is 0.842. The van der Waals surface area contributed by atoms with Crippen molar-refractivity contribution in [1.82, 2.24) is 4.98 Å². The van der Waals surface area contributed by atoms with E-state index in [2.05, 4.69) is 16.0 Å². The number of aromatic nitrogens is 1. The summed E-state index contributed by atoms with van der Waals surface area (Å²) in [6, 6.07) is 6.46. The molecule has 1 fully saturated rings. The van der Waals surface area contributed by atoms with E-state index in [1.165, 1.54) is 18.5 Å². The monoisotopic (exact) mass is 271 g/mol. The van der Waals surface area contributed by atoms with Gasteiger partial charge in [0.05, 0.1) is 0 Å². The minimum atomic E-state index is 0.242. The van der Waals surface area contributed by atoms with Crippen molar-refractivity contribution in [2.45, 2.75) is 31.7 Å². The first-order valence-electron chi connectivity index (χ1n) is 7.31. The van der Waals surface area contributed by atoms with E-state index in [1.54, 1.807) is 6.20 Å². The van der Waals surface area contributed by atoms with Gasteiger partial charge in [-0.1, -0.05) is 0 Å². The molecule has 0 aliphatic carbocycles. The summed E-state index contributed by atoms with van der Waals surface area (Å²) in [6.45, 7) is 1.28.